The van der Waals surface area contributed by atoms with Gasteiger partial charge < -0.3 is 4.48 Å². The van der Waals surface area contributed by atoms with Crippen LogP contribution in [-0.4, -0.2) is 41.5 Å². The first-order valence-electron chi connectivity index (χ1n) is 6.64. The number of unbranched alkanes of at least 4 members (excludes halogenated alkanes) is 1. The van der Waals surface area contributed by atoms with Crippen molar-refractivity contribution in [3.05, 3.63) is 0 Å². The maximum Gasteiger partial charge on any atom is 0.189 e. The zero-order valence-electron chi connectivity index (χ0n) is 11.4. The second-order valence-corrected chi connectivity index (χ2v) is 5.49. The Balaban J connectivity index is 3.81. The first-order chi connectivity index (χ1) is 7.64. The highest BCUT2D eigenvalue weighted by Crippen LogP contribution is 2.13. The van der Waals surface area contributed by atoms with E-state index in [2.05, 4.69) is 27.7 Å². The Bertz CT molecular complexity index is 182. The van der Waals surface area contributed by atoms with Crippen molar-refractivity contribution < 1.29 is 9.28 Å². The van der Waals surface area contributed by atoms with Crippen molar-refractivity contribution in [1.82, 2.24) is 0 Å². The van der Waals surface area contributed by atoms with Gasteiger partial charge in [0, 0.05) is 6.42 Å². The fourth-order valence-corrected chi connectivity index (χ4v) is 2.89. The Morgan fingerprint density at radius 2 is 1.62 bits per heavy atom. The van der Waals surface area contributed by atoms with Gasteiger partial charge >= 0.3 is 0 Å². The second kappa shape index (κ2) is 9.06. The van der Waals surface area contributed by atoms with Crippen LogP contribution in [0.1, 0.15) is 47.0 Å². The molecule has 0 atom stereocenters. The number of nitrogens with zero attached hydrogens (tertiary/aromatic N) is 1. The quantitative estimate of drug-likeness (QED) is 0.581. The van der Waals surface area contributed by atoms with Crippen molar-refractivity contribution in [3.63, 3.8) is 0 Å². The molecule has 0 heterocycles. The molecule has 0 N–H and O–H groups in total. The number of hydrogen-bond acceptors (Lipinski definition) is 2. The van der Waals surface area contributed by atoms with E-state index in [1.165, 1.54) is 31.4 Å². The van der Waals surface area contributed by atoms with Gasteiger partial charge in [-0.25, -0.2) is 0 Å². The summed E-state index contributed by atoms with van der Waals surface area (Å²) < 4.78 is 1.15. The van der Waals surface area contributed by atoms with Gasteiger partial charge in [0.05, 0.1) is 31.9 Å². The van der Waals surface area contributed by atoms with E-state index in [1.54, 1.807) is 0 Å². The molecule has 0 aliphatic heterocycles. The standard InChI is InChI=1S/C13H28NOS/c1-5-9-10-13(15)16-12-11-14(6-2,7-3)8-4/h5-12H2,1-4H3/q+1. The molecule has 0 saturated carbocycles. The van der Waals surface area contributed by atoms with Crippen LogP contribution < -0.4 is 0 Å². The molecule has 16 heavy (non-hydrogen) atoms. The summed E-state index contributed by atoms with van der Waals surface area (Å²) in [6.07, 6.45) is 2.91. The number of carbonyl (C=O) groups is 1. The third-order valence-electron chi connectivity index (χ3n) is 3.58. The van der Waals surface area contributed by atoms with E-state index in [1.807, 2.05) is 0 Å². The fourth-order valence-electron chi connectivity index (χ4n) is 1.89. The SMILES string of the molecule is CCCCC(=O)SCC[N+](CC)(CC)CC. The van der Waals surface area contributed by atoms with Crippen LogP contribution in [-0.2, 0) is 4.79 Å². The van der Waals surface area contributed by atoms with E-state index in [9.17, 15) is 4.79 Å². The topological polar surface area (TPSA) is 17.1 Å². The summed E-state index contributed by atoms with van der Waals surface area (Å²) in [4.78, 5) is 11.5. The molecule has 0 aromatic heterocycles. The number of thioether (sulfide) groups is 1. The maximum absolute atomic E-state index is 11.5. The molecule has 0 amide bonds. The Hall–Kier alpha value is -0.0200. The van der Waals surface area contributed by atoms with Crippen molar-refractivity contribution in [2.75, 3.05) is 31.9 Å². The minimum absolute atomic E-state index is 0.378. The lowest BCUT2D eigenvalue weighted by atomic mass is 10.3. The van der Waals surface area contributed by atoms with E-state index in [0.717, 1.165) is 36.0 Å². The Labute approximate surface area is 105 Å². The molecule has 96 valence electrons. The molecule has 0 spiro atoms. The molecule has 0 radical (unpaired) electrons. The van der Waals surface area contributed by atoms with Gasteiger partial charge in [0.1, 0.15) is 0 Å². The van der Waals surface area contributed by atoms with Crippen LogP contribution in [0.15, 0.2) is 0 Å². The third-order valence-corrected chi connectivity index (χ3v) is 4.49. The van der Waals surface area contributed by atoms with Gasteiger partial charge in [-0.1, -0.05) is 25.1 Å². The molecule has 0 aliphatic carbocycles. The molecule has 0 fully saturated rings. The molecule has 0 aromatic rings. The Morgan fingerprint density at radius 3 is 2.06 bits per heavy atom. The van der Waals surface area contributed by atoms with Crippen molar-refractivity contribution in [2.45, 2.75) is 47.0 Å². The van der Waals surface area contributed by atoms with Crippen molar-refractivity contribution in [3.8, 4) is 0 Å². The van der Waals surface area contributed by atoms with E-state index < -0.39 is 0 Å². The van der Waals surface area contributed by atoms with Crippen LogP contribution >= 0.6 is 11.8 Å². The van der Waals surface area contributed by atoms with Crippen LogP contribution in [0.4, 0.5) is 0 Å². The summed E-state index contributed by atoms with van der Waals surface area (Å²) in [5, 5.41) is 0.378. The fraction of sp³-hybridized carbons (Fsp3) is 0.923. The smallest absolute Gasteiger partial charge is 0.189 e. The highest BCUT2D eigenvalue weighted by molar-refractivity contribution is 8.13. The molecule has 0 saturated heterocycles. The summed E-state index contributed by atoms with van der Waals surface area (Å²) >= 11 is 1.53. The zero-order valence-corrected chi connectivity index (χ0v) is 12.2. The van der Waals surface area contributed by atoms with Gasteiger partial charge in [-0.3, -0.25) is 4.79 Å². The molecule has 0 aromatic carbocycles. The highest BCUT2D eigenvalue weighted by Gasteiger charge is 2.20. The largest absolute Gasteiger partial charge is 0.324 e. The number of quaternary nitrogens is 1. The van der Waals surface area contributed by atoms with Crippen molar-refractivity contribution in [2.24, 2.45) is 0 Å². The summed E-state index contributed by atoms with van der Waals surface area (Å²) in [6, 6.07) is 0. The van der Waals surface area contributed by atoms with Crippen LogP contribution in [0.25, 0.3) is 0 Å². The minimum Gasteiger partial charge on any atom is -0.324 e. The Morgan fingerprint density at radius 1 is 1.06 bits per heavy atom. The summed E-state index contributed by atoms with van der Waals surface area (Å²) in [5.74, 6) is 0.984. The predicted octanol–water partition coefficient (Wildman–Crippen LogP) is 3.31. The predicted molar refractivity (Wildman–Crippen MR) is 73.7 cm³/mol. The van der Waals surface area contributed by atoms with E-state index in [-0.39, 0.29) is 0 Å². The van der Waals surface area contributed by atoms with E-state index in [4.69, 9.17) is 0 Å². The van der Waals surface area contributed by atoms with Crippen LogP contribution in [0.3, 0.4) is 0 Å². The lowest BCUT2D eigenvalue weighted by Crippen LogP contribution is -2.49. The number of carbonyl (C=O) groups excluding carboxylic acids is 1. The first-order valence-corrected chi connectivity index (χ1v) is 7.63. The monoisotopic (exact) mass is 246 g/mol. The van der Waals surface area contributed by atoms with Gasteiger partial charge in [-0.05, 0) is 27.2 Å². The maximum atomic E-state index is 11.5. The van der Waals surface area contributed by atoms with E-state index >= 15 is 0 Å². The van der Waals surface area contributed by atoms with Gasteiger partial charge in [0.2, 0.25) is 0 Å². The Kier molecular flexibility index (Phi) is 9.04. The molecule has 3 heteroatoms. The first kappa shape index (κ1) is 16.0. The van der Waals surface area contributed by atoms with Crippen LogP contribution in [0, 0.1) is 0 Å². The van der Waals surface area contributed by atoms with Gasteiger partial charge in [0.25, 0.3) is 0 Å². The van der Waals surface area contributed by atoms with Crippen molar-refractivity contribution in [1.29, 1.82) is 0 Å². The van der Waals surface area contributed by atoms with Gasteiger partial charge in [-0.15, -0.1) is 0 Å². The average Bonchev–Trinajstić information content (AvgIpc) is 2.33. The lowest BCUT2D eigenvalue weighted by molar-refractivity contribution is -0.920. The summed E-state index contributed by atoms with van der Waals surface area (Å²) in [5.41, 5.74) is 0. The molecule has 0 rings (SSSR count). The van der Waals surface area contributed by atoms with Crippen LogP contribution in [0.5, 0.6) is 0 Å². The summed E-state index contributed by atoms with van der Waals surface area (Å²) in [7, 11) is 0. The normalized spacial score (nSPS) is 11.8. The van der Waals surface area contributed by atoms with E-state index in [0.29, 0.717) is 5.12 Å². The molecule has 0 aliphatic rings. The summed E-state index contributed by atoms with van der Waals surface area (Å²) in [6.45, 7) is 13.5. The van der Waals surface area contributed by atoms with Gasteiger partial charge in [-0.2, -0.15) is 0 Å². The van der Waals surface area contributed by atoms with Gasteiger partial charge in [0.15, 0.2) is 5.12 Å². The molecule has 0 bridgehead atoms. The van der Waals surface area contributed by atoms with Crippen molar-refractivity contribution >= 4 is 16.9 Å². The third kappa shape index (κ3) is 5.90. The highest BCUT2D eigenvalue weighted by atomic mass is 32.2. The molecular weight excluding hydrogens is 218 g/mol. The molecule has 0 unspecified atom stereocenters. The average molecular weight is 246 g/mol. The molecule has 2 nitrogen and oxygen atoms in total. The number of hydrogen-bond donors (Lipinski definition) is 0. The number of rotatable bonds is 9. The molecular formula is C13H28NOS+. The zero-order chi connectivity index (χ0) is 12.4. The second-order valence-electron chi connectivity index (χ2n) is 4.34. The lowest BCUT2D eigenvalue weighted by Gasteiger charge is -2.35. The minimum atomic E-state index is 0.378. The van der Waals surface area contributed by atoms with Crippen LogP contribution in [0.2, 0.25) is 0 Å².